The first-order valence-electron chi connectivity index (χ1n) is 6.40. The van der Waals surface area contributed by atoms with Crippen molar-refractivity contribution in [2.45, 2.75) is 38.8 Å². The van der Waals surface area contributed by atoms with Gasteiger partial charge in [0.2, 0.25) is 11.8 Å². The lowest BCUT2D eigenvalue weighted by Gasteiger charge is -2.27. The van der Waals surface area contributed by atoms with Crippen molar-refractivity contribution in [1.82, 2.24) is 10.2 Å². The lowest BCUT2D eigenvalue weighted by Crippen LogP contribution is -2.53. The van der Waals surface area contributed by atoms with Crippen LogP contribution >= 0.6 is 0 Å². The Morgan fingerprint density at radius 1 is 1.42 bits per heavy atom. The second-order valence-electron chi connectivity index (χ2n) is 5.07. The molecule has 0 aliphatic carbocycles. The number of amides is 2. The minimum atomic E-state index is -1.11. The van der Waals surface area contributed by atoms with Crippen molar-refractivity contribution in [3.8, 4) is 0 Å². The Bertz CT molecular complexity index is 370. The minimum Gasteiger partial charge on any atom is -0.480 e. The number of nitrogens with zero attached hydrogens (tertiary/aromatic N) is 1. The van der Waals surface area contributed by atoms with Crippen LogP contribution in [0.2, 0.25) is 0 Å². The maximum Gasteiger partial charge on any atom is 0.322 e. The van der Waals surface area contributed by atoms with Gasteiger partial charge in [0.05, 0.1) is 6.04 Å². The van der Waals surface area contributed by atoms with Gasteiger partial charge in [0.15, 0.2) is 0 Å². The highest BCUT2D eigenvalue weighted by atomic mass is 16.4. The average molecular weight is 271 g/mol. The zero-order valence-electron chi connectivity index (χ0n) is 11.3. The van der Waals surface area contributed by atoms with Gasteiger partial charge in [-0.15, -0.1) is 0 Å². The van der Waals surface area contributed by atoms with E-state index in [0.717, 1.165) is 6.42 Å². The zero-order valence-corrected chi connectivity index (χ0v) is 11.3. The lowest BCUT2D eigenvalue weighted by molar-refractivity contribution is -0.141. The number of carboxylic acids is 1. The van der Waals surface area contributed by atoms with E-state index in [-0.39, 0.29) is 11.8 Å². The second-order valence-corrected chi connectivity index (χ2v) is 5.07. The van der Waals surface area contributed by atoms with Gasteiger partial charge in [-0.3, -0.25) is 14.4 Å². The minimum absolute atomic E-state index is 0.00386. The summed E-state index contributed by atoms with van der Waals surface area (Å²) >= 11 is 0. The van der Waals surface area contributed by atoms with Crippen LogP contribution in [0.15, 0.2) is 0 Å². The largest absolute Gasteiger partial charge is 0.480 e. The summed E-state index contributed by atoms with van der Waals surface area (Å²) in [4.78, 5) is 35.9. The van der Waals surface area contributed by atoms with Gasteiger partial charge in [0.1, 0.15) is 12.6 Å². The van der Waals surface area contributed by atoms with Gasteiger partial charge in [-0.05, 0) is 18.8 Å². The molecule has 7 heteroatoms. The number of likely N-dealkylation sites (tertiary alicyclic amines) is 1. The van der Waals surface area contributed by atoms with E-state index in [2.05, 4.69) is 5.32 Å². The Labute approximate surface area is 112 Å². The van der Waals surface area contributed by atoms with Crippen molar-refractivity contribution in [2.24, 2.45) is 11.7 Å². The Morgan fingerprint density at radius 3 is 2.58 bits per heavy atom. The molecule has 1 aliphatic rings. The van der Waals surface area contributed by atoms with Gasteiger partial charge in [0.25, 0.3) is 0 Å². The topological polar surface area (TPSA) is 113 Å². The molecule has 0 aromatic rings. The van der Waals surface area contributed by atoms with E-state index in [1.807, 2.05) is 13.8 Å². The maximum absolute atomic E-state index is 12.1. The summed E-state index contributed by atoms with van der Waals surface area (Å²) < 4.78 is 0. The lowest BCUT2D eigenvalue weighted by atomic mass is 10.0. The van der Waals surface area contributed by atoms with Crippen LogP contribution < -0.4 is 11.1 Å². The van der Waals surface area contributed by atoms with Crippen molar-refractivity contribution in [1.29, 1.82) is 0 Å². The van der Waals surface area contributed by atoms with E-state index in [1.165, 1.54) is 4.90 Å². The maximum atomic E-state index is 12.1. The van der Waals surface area contributed by atoms with Crippen LogP contribution in [0.25, 0.3) is 0 Å². The molecule has 19 heavy (non-hydrogen) atoms. The van der Waals surface area contributed by atoms with Crippen LogP contribution in [0.4, 0.5) is 0 Å². The van der Waals surface area contributed by atoms with Crippen molar-refractivity contribution < 1.29 is 19.5 Å². The highest BCUT2D eigenvalue weighted by molar-refractivity contribution is 5.91. The Balaban J connectivity index is 2.65. The molecule has 0 aromatic carbocycles. The molecule has 1 fully saturated rings. The predicted octanol–water partition coefficient (Wildman–Crippen LogP) is -0.838. The van der Waals surface area contributed by atoms with E-state index in [9.17, 15) is 14.4 Å². The Kier molecular flexibility index (Phi) is 5.29. The van der Waals surface area contributed by atoms with Crippen molar-refractivity contribution in [3.05, 3.63) is 0 Å². The third-order valence-corrected chi connectivity index (χ3v) is 3.26. The molecule has 108 valence electrons. The van der Waals surface area contributed by atoms with Gasteiger partial charge < -0.3 is 21.1 Å². The SMILES string of the molecule is CC(C)[C@H](N)C(=O)N1CCC[C@@H]1C(=O)NCC(=O)O. The molecule has 1 rings (SSSR count). The molecule has 0 bridgehead atoms. The fourth-order valence-electron chi connectivity index (χ4n) is 2.06. The highest BCUT2D eigenvalue weighted by Gasteiger charge is 2.36. The molecule has 1 heterocycles. The zero-order chi connectivity index (χ0) is 14.6. The third-order valence-electron chi connectivity index (χ3n) is 3.26. The number of hydrogen-bond donors (Lipinski definition) is 3. The Hall–Kier alpha value is -1.63. The fraction of sp³-hybridized carbons (Fsp3) is 0.750. The van der Waals surface area contributed by atoms with Crippen LogP contribution in [0, 0.1) is 5.92 Å². The summed E-state index contributed by atoms with van der Waals surface area (Å²) in [7, 11) is 0. The summed E-state index contributed by atoms with van der Waals surface area (Å²) in [6.07, 6.45) is 1.27. The number of carboxylic acid groups (broad SMARTS) is 1. The van der Waals surface area contributed by atoms with Gasteiger partial charge in [-0.25, -0.2) is 0 Å². The number of aliphatic carboxylic acids is 1. The van der Waals surface area contributed by atoms with E-state index < -0.39 is 30.5 Å². The molecule has 0 radical (unpaired) electrons. The number of nitrogens with two attached hydrogens (primary N) is 1. The molecule has 7 nitrogen and oxygen atoms in total. The number of rotatable bonds is 5. The molecule has 0 aromatic heterocycles. The van der Waals surface area contributed by atoms with Crippen molar-refractivity contribution >= 4 is 17.8 Å². The molecule has 2 amide bonds. The van der Waals surface area contributed by atoms with Crippen LogP contribution in [0.3, 0.4) is 0 Å². The van der Waals surface area contributed by atoms with E-state index >= 15 is 0 Å². The molecular formula is C12H21N3O4. The standard InChI is InChI=1S/C12H21N3O4/c1-7(2)10(13)12(19)15-5-3-4-8(15)11(18)14-6-9(16)17/h7-8,10H,3-6,13H2,1-2H3,(H,14,18)(H,16,17)/t8-,10+/m1/s1. The first-order valence-corrected chi connectivity index (χ1v) is 6.40. The molecule has 0 unspecified atom stereocenters. The number of hydrogen-bond acceptors (Lipinski definition) is 4. The van der Waals surface area contributed by atoms with Crippen LogP contribution in [0.1, 0.15) is 26.7 Å². The summed E-state index contributed by atoms with van der Waals surface area (Å²) in [6.45, 7) is 3.74. The smallest absolute Gasteiger partial charge is 0.322 e. The van der Waals surface area contributed by atoms with Gasteiger partial charge in [0, 0.05) is 6.54 Å². The Morgan fingerprint density at radius 2 is 2.05 bits per heavy atom. The quantitative estimate of drug-likeness (QED) is 0.603. The molecule has 4 N–H and O–H groups in total. The molecule has 0 saturated carbocycles. The summed E-state index contributed by atoms with van der Waals surface area (Å²) in [5.74, 6) is -1.79. The fourth-order valence-corrected chi connectivity index (χ4v) is 2.06. The van der Waals surface area contributed by atoms with E-state index in [0.29, 0.717) is 13.0 Å². The monoisotopic (exact) mass is 271 g/mol. The number of carbonyl (C=O) groups is 3. The average Bonchev–Trinajstić information content (AvgIpc) is 2.82. The molecular weight excluding hydrogens is 250 g/mol. The van der Waals surface area contributed by atoms with Crippen molar-refractivity contribution in [2.75, 3.05) is 13.1 Å². The van der Waals surface area contributed by atoms with E-state index in [1.54, 1.807) is 0 Å². The molecule has 1 aliphatic heterocycles. The molecule has 0 spiro atoms. The third kappa shape index (κ3) is 3.92. The summed E-state index contributed by atoms with van der Waals surface area (Å²) in [5.41, 5.74) is 5.81. The van der Waals surface area contributed by atoms with Gasteiger partial charge in [-0.1, -0.05) is 13.8 Å². The highest BCUT2D eigenvalue weighted by Crippen LogP contribution is 2.19. The van der Waals surface area contributed by atoms with E-state index in [4.69, 9.17) is 10.8 Å². The molecule has 2 atom stereocenters. The normalized spacial score (nSPS) is 20.4. The summed E-state index contributed by atoms with van der Waals surface area (Å²) in [5, 5.41) is 10.8. The first kappa shape index (κ1) is 15.4. The van der Waals surface area contributed by atoms with Crippen LogP contribution in [-0.2, 0) is 14.4 Å². The van der Waals surface area contributed by atoms with Gasteiger partial charge in [-0.2, -0.15) is 0 Å². The number of nitrogens with one attached hydrogen (secondary N) is 1. The first-order chi connectivity index (χ1) is 8.84. The van der Waals surface area contributed by atoms with Crippen molar-refractivity contribution in [3.63, 3.8) is 0 Å². The van der Waals surface area contributed by atoms with Crippen LogP contribution in [-0.4, -0.2) is 53.0 Å². The number of carbonyl (C=O) groups excluding carboxylic acids is 2. The molecule has 1 saturated heterocycles. The van der Waals surface area contributed by atoms with Gasteiger partial charge >= 0.3 is 5.97 Å². The summed E-state index contributed by atoms with van der Waals surface area (Å²) in [6, 6.07) is -1.23. The van der Waals surface area contributed by atoms with Crippen LogP contribution in [0.5, 0.6) is 0 Å². The second kappa shape index (κ2) is 6.51. The predicted molar refractivity (Wildman–Crippen MR) is 68.2 cm³/mol.